The highest BCUT2D eigenvalue weighted by molar-refractivity contribution is 6.36. The van der Waals surface area contributed by atoms with Crippen molar-refractivity contribution in [3.8, 4) is 11.5 Å². The molecule has 160 valence electrons. The third-order valence-corrected chi connectivity index (χ3v) is 5.12. The van der Waals surface area contributed by atoms with Crippen molar-refractivity contribution >= 4 is 35.0 Å². The second-order valence-corrected chi connectivity index (χ2v) is 8.37. The van der Waals surface area contributed by atoms with Gasteiger partial charge in [-0.3, -0.25) is 9.59 Å². The molecule has 1 aliphatic rings. The Bertz CT molecular complexity index is 920. The lowest BCUT2D eigenvalue weighted by Crippen LogP contribution is -2.50. The van der Waals surface area contributed by atoms with Crippen LogP contribution in [-0.4, -0.2) is 37.1 Å². The average molecular weight is 451 g/mol. The summed E-state index contributed by atoms with van der Waals surface area (Å²) in [5.41, 5.74) is 0.267. The highest BCUT2D eigenvalue weighted by Gasteiger charge is 2.26. The number of hydrogen-bond acceptors (Lipinski definition) is 4. The number of amides is 2. The van der Waals surface area contributed by atoms with Crippen molar-refractivity contribution in [1.29, 1.82) is 0 Å². The average Bonchev–Trinajstić information content (AvgIpc) is 2.70. The van der Waals surface area contributed by atoms with Crippen molar-refractivity contribution in [3.05, 3.63) is 58.1 Å². The normalized spacial score (nSPS) is 16.1. The third kappa shape index (κ3) is 5.80. The van der Waals surface area contributed by atoms with Crippen molar-refractivity contribution in [2.45, 2.75) is 32.4 Å². The summed E-state index contributed by atoms with van der Waals surface area (Å²) < 4.78 is 11.5. The number of fused-ring (bicyclic) bond motifs is 1. The standard InChI is InChI=1S/C22H24Cl2N2O4/c1-13(2)9-18(26-21(27)16-8-7-14(23)10-17(16)24)22(28)25-11-15-12-29-19-5-3-4-6-20(19)30-15/h3-8,10,13,15,18H,9,11-12H2,1-2H3,(H,25,28)(H,26,27). The molecule has 2 unspecified atom stereocenters. The fourth-order valence-electron chi connectivity index (χ4n) is 3.11. The molecule has 0 saturated heterocycles. The van der Waals surface area contributed by atoms with Crippen molar-refractivity contribution < 1.29 is 19.1 Å². The van der Waals surface area contributed by atoms with E-state index in [0.717, 1.165) is 0 Å². The van der Waals surface area contributed by atoms with E-state index in [1.807, 2.05) is 38.1 Å². The van der Waals surface area contributed by atoms with E-state index in [4.69, 9.17) is 32.7 Å². The first-order valence-corrected chi connectivity index (χ1v) is 10.5. The van der Waals surface area contributed by atoms with E-state index in [0.29, 0.717) is 29.5 Å². The van der Waals surface area contributed by atoms with Gasteiger partial charge in [-0.25, -0.2) is 0 Å². The summed E-state index contributed by atoms with van der Waals surface area (Å²) in [4.78, 5) is 25.4. The molecule has 0 saturated carbocycles. The molecular formula is C22H24Cl2N2O4. The van der Waals surface area contributed by atoms with Gasteiger partial charge < -0.3 is 20.1 Å². The molecule has 2 atom stereocenters. The number of carbonyl (C=O) groups is 2. The third-order valence-electron chi connectivity index (χ3n) is 4.58. The van der Waals surface area contributed by atoms with E-state index in [-0.39, 0.29) is 35.1 Å². The number of carbonyl (C=O) groups excluding carboxylic acids is 2. The first-order chi connectivity index (χ1) is 14.3. The molecule has 0 fully saturated rings. The van der Waals surface area contributed by atoms with Gasteiger partial charge in [0.25, 0.3) is 5.91 Å². The molecule has 2 aromatic carbocycles. The lowest BCUT2D eigenvalue weighted by atomic mass is 10.0. The maximum absolute atomic E-state index is 12.8. The molecule has 0 radical (unpaired) electrons. The first kappa shape index (κ1) is 22.2. The monoisotopic (exact) mass is 450 g/mol. The van der Waals surface area contributed by atoms with Crippen LogP contribution in [0.1, 0.15) is 30.6 Å². The quantitative estimate of drug-likeness (QED) is 0.665. The molecule has 8 heteroatoms. The van der Waals surface area contributed by atoms with E-state index >= 15 is 0 Å². The molecule has 3 rings (SSSR count). The Morgan fingerprint density at radius 1 is 1.13 bits per heavy atom. The lowest BCUT2D eigenvalue weighted by Gasteiger charge is -2.27. The van der Waals surface area contributed by atoms with Crippen molar-refractivity contribution in [1.82, 2.24) is 10.6 Å². The summed E-state index contributed by atoms with van der Waals surface area (Å²) >= 11 is 12.0. The second kappa shape index (κ2) is 10.0. The maximum atomic E-state index is 12.8. The van der Waals surface area contributed by atoms with Crippen LogP contribution in [0, 0.1) is 5.92 Å². The van der Waals surface area contributed by atoms with Gasteiger partial charge in [0.05, 0.1) is 17.1 Å². The van der Waals surface area contributed by atoms with E-state index in [1.54, 1.807) is 6.07 Å². The van der Waals surface area contributed by atoms with Crippen LogP contribution in [-0.2, 0) is 4.79 Å². The summed E-state index contributed by atoms with van der Waals surface area (Å²) in [5, 5.41) is 6.30. The zero-order chi connectivity index (χ0) is 21.7. The van der Waals surface area contributed by atoms with Gasteiger partial charge in [-0.15, -0.1) is 0 Å². The molecule has 1 heterocycles. The minimum absolute atomic E-state index is 0.197. The number of rotatable bonds is 7. The lowest BCUT2D eigenvalue weighted by molar-refractivity contribution is -0.123. The van der Waals surface area contributed by atoms with Crippen molar-refractivity contribution in [3.63, 3.8) is 0 Å². The Kier molecular flexibility index (Phi) is 7.45. The van der Waals surface area contributed by atoms with Gasteiger partial charge in [-0.1, -0.05) is 49.2 Å². The van der Waals surface area contributed by atoms with Crippen LogP contribution in [0.3, 0.4) is 0 Å². The minimum atomic E-state index is -0.707. The summed E-state index contributed by atoms with van der Waals surface area (Å²) in [6.07, 6.45) is 0.165. The van der Waals surface area contributed by atoms with Gasteiger partial charge >= 0.3 is 0 Å². The largest absolute Gasteiger partial charge is 0.486 e. The molecule has 0 aromatic heterocycles. The summed E-state index contributed by atoms with van der Waals surface area (Å²) in [6.45, 7) is 4.56. The molecule has 30 heavy (non-hydrogen) atoms. The fraction of sp³-hybridized carbons (Fsp3) is 0.364. The topological polar surface area (TPSA) is 76.7 Å². The molecule has 1 aliphatic heterocycles. The van der Waals surface area contributed by atoms with Gasteiger partial charge in [0.1, 0.15) is 18.8 Å². The number of nitrogens with one attached hydrogen (secondary N) is 2. The Balaban J connectivity index is 1.60. The molecular weight excluding hydrogens is 427 g/mol. The van der Waals surface area contributed by atoms with E-state index in [2.05, 4.69) is 10.6 Å². The molecule has 0 spiro atoms. The van der Waals surface area contributed by atoms with Gasteiger partial charge in [-0.05, 0) is 42.7 Å². The van der Waals surface area contributed by atoms with Gasteiger partial charge in [0, 0.05) is 5.02 Å². The highest BCUT2D eigenvalue weighted by Crippen LogP contribution is 2.30. The number of ether oxygens (including phenoxy) is 2. The second-order valence-electron chi connectivity index (χ2n) is 7.52. The van der Waals surface area contributed by atoms with E-state index < -0.39 is 11.9 Å². The van der Waals surface area contributed by atoms with Crippen LogP contribution in [0.25, 0.3) is 0 Å². The molecule has 2 aromatic rings. The first-order valence-electron chi connectivity index (χ1n) is 9.75. The maximum Gasteiger partial charge on any atom is 0.253 e. The zero-order valence-electron chi connectivity index (χ0n) is 16.8. The predicted octanol–water partition coefficient (Wildman–Crippen LogP) is 4.09. The predicted molar refractivity (Wildman–Crippen MR) is 117 cm³/mol. The number of halogens is 2. The van der Waals surface area contributed by atoms with Gasteiger partial charge in [0.2, 0.25) is 5.91 Å². The van der Waals surface area contributed by atoms with Crippen LogP contribution < -0.4 is 20.1 Å². The summed E-state index contributed by atoms with van der Waals surface area (Å²) in [7, 11) is 0. The fourth-order valence-corrected chi connectivity index (χ4v) is 3.61. The Labute approximate surface area is 185 Å². The van der Waals surface area contributed by atoms with Gasteiger partial charge in [0.15, 0.2) is 11.5 Å². The van der Waals surface area contributed by atoms with Gasteiger partial charge in [-0.2, -0.15) is 0 Å². The van der Waals surface area contributed by atoms with Crippen molar-refractivity contribution in [2.75, 3.05) is 13.2 Å². The zero-order valence-corrected chi connectivity index (χ0v) is 18.3. The Hall–Kier alpha value is -2.44. The highest BCUT2D eigenvalue weighted by atomic mass is 35.5. The SMILES string of the molecule is CC(C)CC(NC(=O)c1ccc(Cl)cc1Cl)C(=O)NCC1COc2ccccc2O1. The van der Waals surface area contributed by atoms with Crippen LogP contribution in [0.5, 0.6) is 11.5 Å². The smallest absolute Gasteiger partial charge is 0.253 e. The Morgan fingerprint density at radius 2 is 1.87 bits per heavy atom. The summed E-state index contributed by atoms with van der Waals surface area (Å²) in [6, 6.07) is 11.3. The molecule has 0 bridgehead atoms. The number of benzene rings is 2. The molecule has 0 aliphatic carbocycles. The van der Waals surface area contributed by atoms with E-state index in [9.17, 15) is 9.59 Å². The molecule has 2 N–H and O–H groups in total. The van der Waals surface area contributed by atoms with Crippen LogP contribution >= 0.6 is 23.2 Å². The van der Waals surface area contributed by atoms with Crippen molar-refractivity contribution in [2.24, 2.45) is 5.92 Å². The molecule has 2 amide bonds. The molecule has 6 nitrogen and oxygen atoms in total. The Morgan fingerprint density at radius 3 is 2.57 bits per heavy atom. The van der Waals surface area contributed by atoms with E-state index in [1.165, 1.54) is 12.1 Å². The number of hydrogen-bond donors (Lipinski definition) is 2. The summed E-state index contributed by atoms with van der Waals surface area (Å²) in [5.74, 6) is 0.813. The van der Waals surface area contributed by atoms with Crippen LogP contribution in [0.2, 0.25) is 10.0 Å². The number of para-hydroxylation sites is 2. The van der Waals surface area contributed by atoms with Crippen LogP contribution in [0.15, 0.2) is 42.5 Å². The minimum Gasteiger partial charge on any atom is -0.486 e. The van der Waals surface area contributed by atoms with Crippen LogP contribution in [0.4, 0.5) is 0 Å².